The number of phenols is 1. The predicted octanol–water partition coefficient (Wildman–Crippen LogP) is 4.60. The number of hydrogen-bond donors (Lipinski definition) is 1. The minimum Gasteiger partial charge on any atom is -0.508 e. The number of benzene rings is 2. The van der Waals surface area contributed by atoms with E-state index in [9.17, 15) is 5.11 Å². The van der Waals surface area contributed by atoms with E-state index in [1.165, 1.54) is 5.56 Å². The van der Waals surface area contributed by atoms with Crippen molar-refractivity contribution < 1.29 is 19.0 Å². The number of furan rings is 1. The molecular formula is C24H18N4O4. The van der Waals surface area contributed by atoms with Gasteiger partial charge in [0.2, 0.25) is 5.88 Å². The molecule has 1 N–H and O–H groups in total. The molecular weight excluding hydrogens is 408 g/mol. The first-order valence-electron chi connectivity index (χ1n) is 10.1. The molecule has 0 spiro atoms. The monoisotopic (exact) mass is 426 g/mol. The van der Waals surface area contributed by atoms with E-state index in [0.29, 0.717) is 23.1 Å². The molecule has 8 heteroatoms. The van der Waals surface area contributed by atoms with Gasteiger partial charge in [0.25, 0.3) is 0 Å². The van der Waals surface area contributed by atoms with Crippen LogP contribution in [0.15, 0.2) is 71.6 Å². The molecule has 0 amide bonds. The molecule has 3 aromatic heterocycles. The summed E-state index contributed by atoms with van der Waals surface area (Å²) in [4.78, 5) is 9.18. The first-order valence-corrected chi connectivity index (χ1v) is 10.1. The minimum absolute atomic E-state index is 0.115. The number of fused-ring (bicyclic) bond motifs is 4. The SMILES string of the molecule is Cc1ccc(OCc2nc3c4c(ncn3n2)Oc2cc(O)ccc2[C@H]4c2ccco2)cc1. The van der Waals surface area contributed by atoms with Crippen molar-refractivity contribution >= 4 is 5.65 Å². The van der Waals surface area contributed by atoms with Crippen LogP contribution in [0.3, 0.4) is 0 Å². The van der Waals surface area contributed by atoms with Crippen molar-refractivity contribution in [1.29, 1.82) is 0 Å². The number of aryl methyl sites for hydroxylation is 1. The summed E-state index contributed by atoms with van der Waals surface area (Å²) < 4.78 is 19.3. The van der Waals surface area contributed by atoms with Crippen LogP contribution < -0.4 is 9.47 Å². The van der Waals surface area contributed by atoms with Gasteiger partial charge in [-0.1, -0.05) is 23.8 Å². The molecule has 5 aromatic rings. The summed E-state index contributed by atoms with van der Waals surface area (Å²) in [6.07, 6.45) is 3.19. The number of hydrogen-bond acceptors (Lipinski definition) is 7. The fourth-order valence-electron chi connectivity index (χ4n) is 3.94. The highest BCUT2D eigenvalue weighted by atomic mass is 16.5. The van der Waals surface area contributed by atoms with E-state index in [4.69, 9.17) is 18.9 Å². The summed E-state index contributed by atoms with van der Waals surface area (Å²) in [6, 6.07) is 16.6. The topological polar surface area (TPSA) is 94.9 Å². The lowest BCUT2D eigenvalue weighted by Crippen LogP contribution is -2.14. The number of aromatic hydroxyl groups is 1. The molecule has 0 radical (unpaired) electrons. The van der Waals surface area contributed by atoms with E-state index >= 15 is 0 Å². The van der Waals surface area contributed by atoms with Gasteiger partial charge in [-0.05, 0) is 37.3 Å². The molecule has 158 valence electrons. The largest absolute Gasteiger partial charge is 0.508 e. The van der Waals surface area contributed by atoms with Crippen LogP contribution in [-0.2, 0) is 6.61 Å². The van der Waals surface area contributed by atoms with E-state index in [2.05, 4.69) is 10.1 Å². The molecule has 2 aromatic carbocycles. The summed E-state index contributed by atoms with van der Waals surface area (Å²) in [7, 11) is 0. The van der Waals surface area contributed by atoms with E-state index in [-0.39, 0.29) is 18.3 Å². The smallest absolute Gasteiger partial charge is 0.228 e. The molecule has 1 aliphatic heterocycles. The third kappa shape index (κ3) is 3.04. The van der Waals surface area contributed by atoms with Gasteiger partial charge >= 0.3 is 0 Å². The third-order valence-electron chi connectivity index (χ3n) is 5.45. The number of nitrogens with zero attached hydrogens (tertiary/aromatic N) is 4. The predicted molar refractivity (Wildman–Crippen MR) is 114 cm³/mol. The molecule has 1 aliphatic rings. The van der Waals surface area contributed by atoms with Gasteiger partial charge in [-0.2, -0.15) is 0 Å². The molecule has 0 unspecified atom stereocenters. The van der Waals surface area contributed by atoms with Crippen LogP contribution in [0, 0.1) is 6.92 Å². The average molecular weight is 426 g/mol. The van der Waals surface area contributed by atoms with Crippen LogP contribution in [0.1, 0.15) is 34.2 Å². The van der Waals surface area contributed by atoms with Crippen molar-refractivity contribution in [3.63, 3.8) is 0 Å². The van der Waals surface area contributed by atoms with Gasteiger partial charge in [-0.3, -0.25) is 0 Å². The molecule has 1 atom stereocenters. The second-order valence-electron chi connectivity index (χ2n) is 7.63. The van der Waals surface area contributed by atoms with Crippen LogP contribution in [0.5, 0.6) is 23.1 Å². The van der Waals surface area contributed by atoms with Crippen LogP contribution in [0.25, 0.3) is 5.65 Å². The van der Waals surface area contributed by atoms with Crippen LogP contribution >= 0.6 is 0 Å². The fourth-order valence-corrected chi connectivity index (χ4v) is 3.94. The van der Waals surface area contributed by atoms with Gasteiger partial charge in [0.05, 0.1) is 17.7 Å². The summed E-state index contributed by atoms with van der Waals surface area (Å²) in [5.41, 5.74) is 3.37. The van der Waals surface area contributed by atoms with E-state index in [1.54, 1.807) is 29.2 Å². The van der Waals surface area contributed by atoms with E-state index < -0.39 is 0 Å². The van der Waals surface area contributed by atoms with Crippen molar-refractivity contribution in [3.8, 4) is 23.1 Å². The van der Waals surface area contributed by atoms with E-state index in [0.717, 1.165) is 22.6 Å². The second-order valence-corrected chi connectivity index (χ2v) is 7.63. The van der Waals surface area contributed by atoms with Crippen molar-refractivity contribution in [2.24, 2.45) is 0 Å². The first kappa shape index (κ1) is 18.4. The quantitative estimate of drug-likeness (QED) is 0.440. The highest BCUT2D eigenvalue weighted by molar-refractivity contribution is 5.65. The molecule has 0 bridgehead atoms. The van der Waals surface area contributed by atoms with Gasteiger partial charge in [-0.25, -0.2) is 14.5 Å². The van der Waals surface area contributed by atoms with Crippen LogP contribution in [-0.4, -0.2) is 24.7 Å². The Balaban J connectivity index is 1.43. The van der Waals surface area contributed by atoms with Gasteiger partial charge in [0, 0.05) is 11.6 Å². The zero-order valence-corrected chi connectivity index (χ0v) is 17.1. The third-order valence-corrected chi connectivity index (χ3v) is 5.45. The molecule has 8 nitrogen and oxygen atoms in total. The molecule has 32 heavy (non-hydrogen) atoms. The van der Waals surface area contributed by atoms with Crippen molar-refractivity contribution in [3.05, 3.63) is 95.5 Å². The average Bonchev–Trinajstić information content (AvgIpc) is 3.47. The summed E-state index contributed by atoms with van der Waals surface area (Å²) in [6.45, 7) is 2.25. The van der Waals surface area contributed by atoms with Crippen LogP contribution in [0.2, 0.25) is 0 Å². The lowest BCUT2D eigenvalue weighted by atomic mass is 9.87. The minimum atomic E-state index is -0.310. The fraction of sp³-hybridized carbons (Fsp3) is 0.125. The molecule has 4 heterocycles. The number of aromatic nitrogens is 4. The van der Waals surface area contributed by atoms with Gasteiger partial charge in [0.1, 0.15) is 35.9 Å². The van der Waals surface area contributed by atoms with Gasteiger partial charge in [-0.15, -0.1) is 5.10 Å². The zero-order valence-electron chi connectivity index (χ0n) is 17.1. The summed E-state index contributed by atoms with van der Waals surface area (Å²) in [5, 5.41) is 14.5. The van der Waals surface area contributed by atoms with Crippen molar-refractivity contribution in [2.45, 2.75) is 19.4 Å². The Morgan fingerprint density at radius 3 is 2.81 bits per heavy atom. The van der Waals surface area contributed by atoms with Crippen LogP contribution in [0.4, 0.5) is 0 Å². The highest BCUT2D eigenvalue weighted by Crippen LogP contribution is 2.48. The number of ether oxygens (including phenoxy) is 2. The van der Waals surface area contributed by atoms with Gasteiger partial charge in [0.15, 0.2) is 11.5 Å². The Kier molecular flexibility index (Phi) is 4.10. The normalized spacial score (nSPS) is 14.6. The van der Waals surface area contributed by atoms with E-state index in [1.807, 2.05) is 49.4 Å². The standard InChI is InChI=1S/C24H18N4O4/c1-14-4-7-16(8-5-14)31-12-20-26-23-22-21(18-3-2-10-30-18)17-9-6-15(29)11-19(17)32-24(22)25-13-28(23)27-20/h2-11,13,21,29H,12H2,1H3/t21-/m0/s1. The Labute approximate surface area is 182 Å². The molecule has 6 rings (SSSR count). The number of phenolic OH excluding ortho intramolecular Hbond substituents is 1. The van der Waals surface area contributed by atoms with Crippen molar-refractivity contribution in [1.82, 2.24) is 19.6 Å². The second kappa shape index (κ2) is 7.12. The Morgan fingerprint density at radius 1 is 1.12 bits per heavy atom. The Bertz CT molecular complexity index is 1420. The number of rotatable bonds is 4. The Hall–Kier alpha value is -4.33. The zero-order chi connectivity index (χ0) is 21.7. The first-order chi connectivity index (χ1) is 15.7. The van der Waals surface area contributed by atoms with Gasteiger partial charge < -0.3 is 19.0 Å². The molecule has 0 saturated carbocycles. The maximum atomic E-state index is 9.93. The molecule has 0 fully saturated rings. The summed E-state index contributed by atoms with van der Waals surface area (Å²) in [5.74, 6) is 2.72. The molecule has 0 aliphatic carbocycles. The maximum absolute atomic E-state index is 9.93. The lowest BCUT2D eigenvalue weighted by molar-refractivity contribution is 0.296. The molecule has 0 saturated heterocycles. The highest BCUT2D eigenvalue weighted by Gasteiger charge is 2.35. The Morgan fingerprint density at radius 2 is 2.00 bits per heavy atom. The van der Waals surface area contributed by atoms with Crippen molar-refractivity contribution in [2.75, 3.05) is 0 Å². The summed E-state index contributed by atoms with van der Waals surface area (Å²) >= 11 is 0. The maximum Gasteiger partial charge on any atom is 0.228 e. The lowest BCUT2D eigenvalue weighted by Gasteiger charge is -2.26.